The molecular weight excluding hydrogens is 409 g/mol. The normalized spacial score (nSPS) is 11.0. The van der Waals surface area contributed by atoms with Crippen molar-refractivity contribution < 1.29 is 32.2 Å². The SMILES string of the molecule is CCCOc1c(Br)cc(C(=O)NCC(=O)NCC(F)(F)F)cc1OC. The number of hydrogen-bond donors (Lipinski definition) is 2. The highest BCUT2D eigenvalue weighted by atomic mass is 79.9. The summed E-state index contributed by atoms with van der Waals surface area (Å²) in [5, 5.41) is 3.90. The van der Waals surface area contributed by atoms with Crippen LogP contribution >= 0.6 is 15.9 Å². The number of methoxy groups -OCH3 is 1. The first-order chi connectivity index (χ1) is 11.7. The van der Waals surface area contributed by atoms with Crippen molar-refractivity contribution in [3.05, 3.63) is 22.2 Å². The Bertz CT molecular complexity index is 624. The summed E-state index contributed by atoms with van der Waals surface area (Å²) in [6, 6.07) is 2.88. The number of halogens is 4. The molecule has 0 atom stereocenters. The first kappa shape index (κ1) is 21.1. The molecule has 0 bridgehead atoms. The van der Waals surface area contributed by atoms with Gasteiger partial charge in [0.2, 0.25) is 5.91 Å². The Labute approximate surface area is 151 Å². The molecule has 6 nitrogen and oxygen atoms in total. The van der Waals surface area contributed by atoms with E-state index in [1.807, 2.05) is 6.92 Å². The third-order valence-electron chi connectivity index (χ3n) is 2.84. The van der Waals surface area contributed by atoms with Crippen LogP contribution in [0.1, 0.15) is 23.7 Å². The van der Waals surface area contributed by atoms with Crippen LogP contribution in [0, 0.1) is 0 Å². The molecule has 1 rings (SSSR count). The highest BCUT2D eigenvalue weighted by Gasteiger charge is 2.27. The average molecular weight is 427 g/mol. The maximum Gasteiger partial charge on any atom is 0.405 e. The van der Waals surface area contributed by atoms with E-state index in [4.69, 9.17) is 9.47 Å². The zero-order valence-corrected chi connectivity index (χ0v) is 15.2. The molecule has 2 amide bonds. The number of rotatable bonds is 8. The number of benzene rings is 1. The van der Waals surface area contributed by atoms with E-state index < -0.39 is 31.1 Å². The fourth-order valence-electron chi connectivity index (χ4n) is 1.72. The minimum atomic E-state index is -4.51. The molecule has 0 aliphatic heterocycles. The number of carbonyl (C=O) groups excluding carboxylic acids is 2. The molecule has 2 N–H and O–H groups in total. The monoisotopic (exact) mass is 426 g/mol. The summed E-state index contributed by atoms with van der Waals surface area (Å²) >= 11 is 3.27. The van der Waals surface area contributed by atoms with Gasteiger partial charge in [0.25, 0.3) is 5.91 Å². The molecule has 0 spiro atoms. The summed E-state index contributed by atoms with van der Waals surface area (Å²) in [6.45, 7) is 0.360. The summed E-state index contributed by atoms with van der Waals surface area (Å²) in [6.07, 6.45) is -3.73. The molecule has 1 aromatic carbocycles. The number of carbonyl (C=O) groups is 2. The number of ether oxygens (including phenoxy) is 2. The molecule has 25 heavy (non-hydrogen) atoms. The van der Waals surface area contributed by atoms with Crippen molar-refractivity contribution in [3.63, 3.8) is 0 Å². The predicted octanol–water partition coefficient (Wildman–Crippen LogP) is 2.65. The molecule has 0 aliphatic rings. The number of alkyl halides is 3. The quantitative estimate of drug-likeness (QED) is 0.669. The average Bonchev–Trinajstić information content (AvgIpc) is 2.55. The van der Waals surface area contributed by atoms with Crippen molar-refractivity contribution in [1.29, 1.82) is 0 Å². The third-order valence-corrected chi connectivity index (χ3v) is 3.43. The van der Waals surface area contributed by atoms with E-state index in [1.54, 1.807) is 5.32 Å². The van der Waals surface area contributed by atoms with Crippen LogP contribution in [0.5, 0.6) is 11.5 Å². The van der Waals surface area contributed by atoms with Crippen LogP contribution in [0.3, 0.4) is 0 Å². The van der Waals surface area contributed by atoms with Gasteiger partial charge in [0.05, 0.1) is 24.7 Å². The van der Waals surface area contributed by atoms with Crippen molar-refractivity contribution in [2.24, 2.45) is 0 Å². The van der Waals surface area contributed by atoms with Crippen LogP contribution in [-0.4, -0.2) is 44.8 Å². The van der Waals surface area contributed by atoms with Crippen LogP contribution in [0.15, 0.2) is 16.6 Å². The molecule has 1 aromatic rings. The van der Waals surface area contributed by atoms with Gasteiger partial charge in [-0.3, -0.25) is 9.59 Å². The van der Waals surface area contributed by atoms with E-state index in [2.05, 4.69) is 21.2 Å². The Balaban J connectivity index is 2.72. The Kier molecular flexibility index (Phi) is 8.01. The molecule has 0 saturated carbocycles. The fourth-order valence-corrected chi connectivity index (χ4v) is 2.28. The van der Waals surface area contributed by atoms with Crippen LogP contribution in [0.4, 0.5) is 13.2 Å². The second-order valence-corrected chi connectivity index (χ2v) is 5.77. The van der Waals surface area contributed by atoms with E-state index in [1.165, 1.54) is 19.2 Å². The van der Waals surface area contributed by atoms with Gasteiger partial charge in [-0.15, -0.1) is 0 Å². The van der Waals surface area contributed by atoms with Gasteiger partial charge in [-0.05, 0) is 34.5 Å². The minimum absolute atomic E-state index is 0.163. The van der Waals surface area contributed by atoms with Crippen molar-refractivity contribution in [2.45, 2.75) is 19.5 Å². The molecule has 0 saturated heterocycles. The molecule has 0 unspecified atom stereocenters. The smallest absolute Gasteiger partial charge is 0.405 e. The van der Waals surface area contributed by atoms with Gasteiger partial charge in [-0.25, -0.2) is 0 Å². The molecule has 0 fully saturated rings. The molecule has 0 radical (unpaired) electrons. The Hall–Kier alpha value is -1.97. The molecule has 140 valence electrons. The Morgan fingerprint density at radius 3 is 2.48 bits per heavy atom. The number of hydrogen-bond acceptors (Lipinski definition) is 4. The van der Waals surface area contributed by atoms with E-state index in [9.17, 15) is 22.8 Å². The second-order valence-electron chi connectivity index (χ2n) is 4.91. The van der Waals surface area contributed by atoms with Crippen molar-refractivity contribution >= 4 is 27.7 Å². The number of amides is 2. The summed E-state index contributed by atoms with van der Waals surface area (Å²) in [7, 11) is 1.41. The van der Waals surface area contributed by atoms with Gasteiger partial charge in [0.15, 0.2) is 11.5 Å². The van der Waals surface area contributed by atoms with Crippen molar-refractivity contribution in [1.82, 2.24) is 10.6 Å². The van der Waals surface area contributed by atoms with Gasteiger partial charge < -0.3 is 20.1 Å². The molecule has 0 heterocycles. The molecule has 0 aliphatic carbocycles. The molecule has 0 aromatic heterocycles. The van der Waals surface area contributed by atoms with E-state index in [0.29, 0.717) is 22.6 Å². The lowest BCUT2D eigenvalue weighted by Crippen LogP contribution is -2.40. The second kappa shape index (κ2) is 9.50. The first-order valence-electron chi connectivity index (χ1n) is 7.30. The van der Waals surface area contributed by atoms with E-state index in [-0.39, 0.29) is 5.56 Å². The molecular formula is C15H18BrF3N2O4. The topological polar surface area (TPSA) is 76.7 Å². The largest absolute Gasteiger partial charge is 0.493 e. The van der Waals surface area contributed by atoms with Gasteiger partial charge in [0.1, 0.15) is 6.54 Å². The maximum absolute atomic E-state index is 12.1. The highest BCUT2D eigenvalue weighted by Crippen LogP contribution is 2.36. The van der Waals surface area contributed by atoms with Crippen molar-refractivity contribution in [2.75, 3.05) is 26.8 Å². The predicted molar refractivity (Wildman–Crippen MR) is 87.9 cm³/mol. The molecule has 10 heteroatoms. The lowest BCUT2D eigenvalue weighted by Gasteiger charge is -2.14. The summed E-state index contributed by atoms with van der Waals surface area (Å²) in [5.41, 5.74) is 0.163. The minimum Gasteiger partial charge on any atom is -0.493 e. The maximum atomic E-state index is 12.1. The summed E-state index contributed by atoms with van der Waals surface area (Å²) in [4.78, 5) is 23.4. The lowest BCUT2D eigenvalue weighted by atomic mass is 10.2. The lowest BCUT2D eigenvalue weighted by molar-refractivity contribution is -0.137. The number of nitrogens with one attached hydrogen (secondary N) is 2. The standard InChI is InChI=1S/C15H18BrF3N2O4/c1-3-4-25-13-10(16)5-9(6-11(13)24-2)14(23)20-7-12(22)21-8-15(17,18)19/h5-6H,3-4,7-8H2,1-2H3,(H,20,23)(H,21,22). The highest BCUT2D eigenvalue weighted by molar-refractivity contribution is 9.10. The zero-order chi connectivity index (χ0) is 19.0. The summed E-state index contributed by atoms with van der Waals surface area (Å²) < 4.78 is 47.2. The van der Waals surface area contributed by atoms with Gasteiger partial charge in [-0.2, -0.15) is 13.2 Å². The van der Waals surface area contributed by atoms with Crippen molar-refractivity contribution in [3.8, 4) is 11.5 Å². The zero-order valence-electron chi connectivity index (χ0n) is 13.6. The summed E-state index contributed by atoms with van der Waals surface area (Å²) in [5.74, 6) is -0.832. The Morgan fingerprint density at radius 1 is 1.24 bits per heavy atom. The van der Waals surface area contributed by atoms with Crippen LogP contribution in [-0.2, 0) is 4.79 Å². The Morgan fingerprint density at radius 2 is 1.92 bits per heavy atom. The van der Waals surface area contributed by atoms with Crippen LogP contribution in [0.2, 0.25) is 0 Å². The fraction of sp³-hybridized carbons (Fsp3) is 0.467. The third kappa shape index (κ3) is 7.20. The van der Waals surface area contributed by atoms with E-state index in [0.717, 1.165) is 6.42 Å². The van der Waals surface area contributed by atoms with Crippen LogP contribution in [0.25, 0.3) is 0 Å². The van der Waals surface area contributed by atoms with Gasteiger partial charge in [-0.1, -0.05) is 6.92 Å². The van der Waals surface area contributed by atoms with Crippen LogP contribution < -0.4 is 20.1 Å². The van der Waals surface area contributed by atoms with Gasteiger partial charge >= 0.3 is 6.18 Å². The van der Waals surface area contributed by atoms with E-state index >= 15 is 0 Å². The van der Waals surface area contributed by atoms with Gasteiger partial charge in [0, 0.05) is 5.56 Å². The first-order valence-corrected chi connectivity index (χ1v) is 8.09.